The Bertz CT molecular complexity index is 695. The molecule has 0 unspecified atom stereocenters. The second-order valence-corrected chi connectivity index (χ2v) is 7.37. The highest BCUT2D eigenvalue weighted by Gasteiger charge is 2.11. The topological polar surface area (TPSA) is 29.1 Å². The first kappa shape index (κ1) is 18.8. The van der Waals surface area contributed by atoms with Crippen LogP contribution in [0.1, 0.15) is 43.5 Å². The summed E-state index contributed by atoms with van der Waals surface area (Å²) >= 11 is 11.9. The molecule has 0 saturated carbocycles. The summed E-state index contributed by atoms with van der Waals surface area (Å²) in [5.41, 5.74) is 3.27. The van der Waals surface area contributed by atoms with Gasteiger partial charge in [-0.15, -0.1) is 0 Å². The molecule has 0 saturated heterocycles. The third-order valence-electron chi connectivity index (χ3n) is 3.85. The Hall–Kier alpha value is -1.51. The predicted molar refractivity (Wildman–Crippen MR) is 102 cm³/mol. The van der Waals surface area contributed by atoms with E-state index in [1.807, 2.05) is 13.0 Å². The summed E-state index contributed by atoms with van der Waals surface area (Å²) in [5, 5.41) is 3.99. The van der Waals surface area contributed by atoms with Crippen molar-refractivity contribution < 1.29 is 4.79 Å². The van der Waals surface area contributed by atoms with Gasteiger partial charge in [-0.3, -0.25) is 4.79 Å². The number of hydrogen-bond acceptors (Lipinski definition) is 1. The number of halogens is 2. The van der Waals surface area contributed by atoms with Gasteiger partial charge in [0.2, 0.25) is 5.91 Å². The van der Waals surface area contributed by atoms with Crippen LogP contribution in [0, 0.1) is 5.92 Å². The minimum atomic E-state index is -0.0350. The molecule has 0 radical (unpaired) electrons. The fraction of sp³-hybridized carbons (Fsp3) is 0.350. The fourth-order valence-corrected chi connectivity index (χ4v) is 2.95. The molecule has 1 N–H and O–H groups in total. The zero-order valence-electron chi connectivity index (χ0n) is 14.3. The number of hydrogen-bond donors (Lipinski definition) is 1. The maximum Gasteiger partial charge on any atom is 0.224 e. The molecule has 4 heteroatoms. The molecule has 2 rings (SSSR count). The average Bonchev–Trinajstić information content (AvgIpc) is 2.51. The van der Waals surface area contributed by atoms with E-state index in [0.717, 1.165) is 17.5 Å². The van der Waals surface area contributed by atoms with E-state index in [4.69, 9.17) is 23.2 Å². The molecule has 0 aliphatic carbocycles. The first-order chi connectivity index (χ1) is 11.3. The van der Waals surface area contributed by atoms with E-state index in [1.54, 1.807) is 12.1 Å². The molecule has 1 atom stereocenters. The van der Waals surface area contributed by atoms with E-state index in [0.29, 0.717) is 16.0 Å². The lowest BCUT2D eigenvalue weighted by Crippen LogP contribution is -2.28. The molecule has 0 aliphatic rings. The van der Waals surface area contributed by atoms with Crippen LogP contribution >= 0.6 is 23.2 Å². The van der Waals surface area contributed by atoms with Crippen molar-refractivity contribution in [2.24, 2.45) is 5.92 Å². The Kier molecular flexibility index (Phi) is 6.70. The molecule has 2 aromatic rings. The van der Waals surface area contributed by atoms with Crippen LogP contribution in [-0.4, -0.2) is 5.91 Å². The molecule has 0 bridgehead atoms. The van der Waals surface area contributed by atoms with Crippen LogP contribution in [0.4, 0.5) is 0 Å². The Morgan fingerprint density at radius 1 is 0.958 bits per heavy atom. The monoisotopic (exact) mass is 363 g/mol. The molecule has 1 amide bonds. The maximum absolute atomic E-state index is 12.2. The van der Waals surface area contributed by atoms with Crippen LogP contribution in [0.25, 0.3) is 0 Å². The highest BCUT2D eigenvalue weighted by molar-refractivity contribution is 6.42. The van der Waals surface area contributed by atoms with Crippen LogP contribution < -0.4 is 5.32 Å². The van der Waals surface area contributed by atoms with Crippen molar-refractivity contribution in [3.05, 3.63) is 69.2 Å². The molecule has 24 heavy (non-hydrogen) atoms. The largest absolute Gasteiger partial charge is 0.349 e. The van der Waals surface area contributed by atoms with Gasteiger partial charge in [0.15, 0.2) is 0 Å². The highest BCUT2D eigenvalue weighted by Crippen LogP contribution is 2.23. The van der Waals surface area contributed by atoms with Crippen LogP contribution in [-0.2, 0) is 17.6 Å². The third kappa shape index (κ3) is 5.54. The zero-order valence-corrected chi connectivity index (χ0v) is 15.8. The summed E-state index contributed by atoms with van der Waals surface area (Å²) in [6.45, 7) is 6.41. The molecular formula is C20H23Cl2NO. The summed E-state index contributed by atoms with van der Waals surface area (Å²) in [5.74, 6) is 0.603. The lowest BCUT2D eigenvalue weighted by molar-refractivity contribution is -0.121. The van der Waals surface area contributed by atoms with Gasteiger partial charge >= 0.3 is 0 Å². The molecule has 0 spiro atoms. The molecular weight excluding hydrogens is 341 g/mol. The minimum Gasteiger partial charge on any atom is -0.349 e. The van der Waals surface area contributed by atoms with Crippen molar-refractivity contribution in [2.45, 2.75) is 39.7 Å². The van der Waals surface area contributed by atoms with Gasteiger partial charge in [-0.1, -0.05) is 67.4 Å². The lowest BCUT2D eigenvalue weighted by Gasteiger charge is -2.15. The highest BCUT2D eigenvalue weighted by atomic mass is 35.5. The first-order valence-corrected chi connectivity index (χ1v) is 8.93. The smallest absolute Gasteiger partial charge is 0.224 e. The summed E-state index contributed by atoms with van der Waals surface area (Å²) in [7, 11) is 0. The predicted octanol–water partition coefficient (Wildman–Crippen LogP) is 5.61. The van der Waals surface area contributed by atoms with E-state index >= 15 is 0 Å². The van der Waals surface area contributed by atoms with Crippen molar-refractivity contribution >= 4 is 29.1 Å². The van der Waals surface area contributed by atoms with Crippen molar-refractivity contribution in [2.75, 3.05) is 0 Å². The summed E-state index contributed by atoms with van der Waals surface area (Å²) in [6, 6.07) is 13.7. The summed E-state index contributed by atoms with van der Waals surface area (Å²) in [6.07, 6.45) is 1.35. The summed E-state index contributed by atoms with van der Waals surface area (Å²) < 4.78 is 0. The fourth-order valence-electron chi connectivity index (χ4n) is 2.62. The minimum absolute atomic E-state index is 0.0339. The van der Waals surface area contributed by atoms with Crippen molar-refractivity contribution in [1.82, 2.24) is 5.32 Å². The van der Waals surface area contributed by atoms with Gasteiger partial charge in [0.1, 0.15) is 0 Å². The molecule has 0 aliphatic heterocycles. The molecule has 2 aromatic carbocycles. The molecule has 0 aromatic heterocycles. The van der Waals surface area contributed by atoms with Gasteiger partial charge < -0.3 is 5.32 Å². The zero-order chi connectivity index (χ0) is 17.7. The van der Waals surface area contributed by atoms with E-state index in [2.05, 4.69) is 43.4 Å². The van der Waals surface area contributed by atoms with Gasteiger partial charge in [-0.25, -0.2) is 0 Å². The molecule has 128 valence electrons. The van der Waals surface area contributed by atoms with Crippen LogP contribution in [0.3, 0.4) is 0 Å². The number of benzene rings is 2. The van der Waals surface area contributed by atoms with Gasteiger partial charge in [-0.2, -0.15) is 0 Å². The first-order valence-electron chi connectivity index (χ1n) is 8.17. The second kappa shape index (κ2) is 8.55. The standard InChI is InChI=1S/C20H23Cl2NO/c1-13(2)10-15-4-7-17(8-5-15)14(3)23-20(24)12-16-6-9-18(21)19(22)11-16/h4-9,11,13-14H,10,12H2,1-3H3,(H,23,24)/t14-/m1/s1. The van der Waals surface area contributed by atoms with E-state index in [1.165, 1.54) is 5.56 Å². The van der Waals surface area contributed by atoms with E-state index in [-0.39, 0.29) is 18.4 Å². The number of carbonyl (C=O) groups is 1. The molecule has 2 nitrogen and oxygen atoms in total. The maximum atomic E-state index is 12.2. The van der Waals surface area contributed by atoms with Crippen LogP contribution in [0.2, 0.25) is 10.0 Å². The van der Waals surface area contributed by atoms with Gasteiger partial charge in [-0.05, 0) is 48.1 Å². The van der Waals surface area contributed by atoms with Crippen molar-refractivity contribution in [3.63, 3.8) is 0 Å². The summed E-state index contributed by atoms with van der Waals surface area (Å²) in [4.78, 5) is 12.2. The number of carbonyl (C=O) groups excluding carboxylic acids is 1. The van der Waals surface area contributed by atoms with E-state index < -0.39 is 0 Å². The SMILES string of the molecule is CC(C)Cc1ccc([C@@H](C)NC(=O)Cc2ccc(Cl)c(Cl)c2)cc1. The lowest BCUT2D eigenvalue weighted by atomic mass is 10.00. The average molecular weight is 364 g/mol. The Morgan fingerprint density at radius 2 is 1.58 bits per heavy atom. The quantitative estimate of drug-likeness (QED) is 0.709. The molecule has 0 heterocycles. The van der Waals surface area contributed by atoms with Crippen molar-refractivity contribution in [3.8, 4) is 0 Å². The van der Waals surface area contributed by atoms with Gasteiger partial charge in [0.25, 0.3) is 0 Å². The van der Waals surface area contributed by atoms with E-state index in [9.17, 15) is 4.79 Å². The third-order valence-corrected chi connectivity index (χ3v) is 4.59. The number of nitrogens with one attached hydrogen (secondary N) is 1. The van der Waals surface area contributed by atoms with Crippen LogP contribution in [0.15, 0.2) is 42.5 Å². The normalized spacial score (nSPS) is 12.2. The van der Waals surface area contributed by atoms with Crippen molar-refractivity contribution in [1.29, 1.82) is 0 Å². The molecule has 0 fully saturated rings. The Labute approximate surface area is 154 Å². The van der Waals surface area contributed by atoms with Crippen LogP contribution in [0.5, 0.6) is 0 Å². The Balaban J connectivity index is 1.94. The van der Waals surface area contributed by atoms with Gasteiger partial charge in [0, 0.05) is 0 Å². The Morgan fingerprint density at radius 3 is 2.17 bits per heavy atom. The van der Waals surface area contributed by atoms with Gasteiger partial charge in [0.05, 0.1) is 22.5 Å². The number of amides is 1. The second-order valence-electron chi connectivity index (χ2n) is 6.55. The number of rotatable bonds is 6.